The summed E-state index contributed by atoms with van der Waals surface area (Å²) in [5, 5.41) is 21.5. The highest BCUT2D eigenvalue weighted by Crippen LogP contribution is 2.39. The SMILES string of the molecule is CC(C)CC(=O)Nc1ccc(-c2cc(C3CCC3)n(C(=O)NCc3ccccc3Cl)n2)c(O)c1. The third-order valence-corrected chi connectivity index (χ3v) is 6.36. The number of halogens is 1. The molecule has 0 bridgehead atoms. The number of phenols is 1. The number of rotatable bonds is 7. The molecule has 2 amide bonds. The minimum absolute atomic E-state index is 0.0105. The van der Waals surface area contributed by atoms with Gasteiger partial charge in [-0.25, -0.2) is 4.79 Å². The Hall–Kier alpha value is -3.32. The maximum Gasteiger partial charge on any atom is 0.342 e. The Bertz CT molecular complexity index is 1200. The molecule has 34 heavy (non-hydrogen) atoms. The molecule has 3 N–H and O–H groups in total. The van der Waals surface area contributed by atoms with Gasteiger partial charge in [-0.2, -0.15) is 9.78 Å². The lowest BCUT2D eigenvalue weighted by atomic mass is 9.82. The van der Waals surface area contributed by atoms with Crippen LogP contribution in [0.5, 0.6) is 5.75 Å². The van der Waals surface area contributed by atoms with Crippen molar-refractivity contribution in [2.45, 2.75) is 52.0 Å². The van der Waals surface area contributed by atoms with Crippen LogP contribution in [-0.4, -0.2) is 26.8 Å². The van der Waals surface area contributed by atoms with E-state index in [1.807, 2.05) is 38.1 Å². The molecule has 0 saturated heterocycles. The van der Waals surface area contributed by atoms with Crippen LogP contribution in [0.2, 0.25) is 5.02 Å². The molecule has 1 saturated carbocycles. The minimum atomic E-state index is -0.342. The van der Waals surface area contributed by atoms with Crippen LogP contribution in [0, 0.1) is 5.92 Å². The summed E-state index contributed by atoms with van der Waals surface area (Å²) in [5.41, 5.74) is 3.17. The number of amides is 2. The zero-order chi connectivity index (χ0) is 24.2. The first-order chi connectivity index (χ1) is 16.3. The van der Waals surface area contributed by atoms with Gasteiger partial charge in [0.25, 0.3) is 0 Å². The van der Waals surface area contributed by atoms with E-state index < -0.39 is 0 Å². The number of hydrogen-bond acceptors (Lipinski definition) is 4. The maximum absolute atomic E-state index is 13.0. The molecule has 0 atom stereocenters. The Balaban J connectivity index is 1.55. The van der Waals surface area contributed by atoms with Crippen LogP contribution in [-0.2, 0) is 11.3 Å². The molecule has 1 aliphatic carbocycles. The van der Waals surface area contributed by atoms with Crippen molar-refractivity contribution in [2.75, 3.05) is 5.32 Å². The normalized spacial score (nSPS) is 13.5. The fourth-order valence-electron chi connectivity index (χ4n) is 3.98. The van der Waals surface area contributed by atoms with Crippen molar-refractivity contribution in [1.29, 1.82) is 0 Å². The van der Waals surface area contributed by atoms with Gasteiger partial charge in [0, 0.05) is 41.2 Å². The number of nitrogens with zero attached hydrogens (tertiary/aromatic N) is 2. The molecule has 4 rings (SSSR count). The van der Waals surface area contributed by atoms with E-state index in [1.54, 1.807) is 18.2 Å². The first-order valence-corrected chi connectivity index (χ1v) is 11.9. The predicted molar refractivity (Wildman–Crippen MR) is 133 cm³/mol. The minimum Gasteiger partial charge on any atom is -0.507 e. The largest absolute Gasteiger partial charge is 0.507 e. The first kappa shape index (κ1) is 23.8. The second-order valence-corrected chi connectivity index (χ2v) is 9.53. The topological polar surface area (TPSA) is 96.3 Å². The molecule has 2 aromatic carbocycles. The van der Waals surface area contributed by atoms with Gasteiger partial charge in [-0.15, -0.1) is 0 Å². The summed E-state index contributed by atoms with van der Waals surface area (Å²) in [5.74, 6) is 0.382. The van der Waals surface area contributed by atoms with Crippen LogP contribution in [0.15, 0.2) is 48.5 Å². The molecule has 0 radical (unpaired) electrons. The number of carbonyl (C=O) groups is 2. The monoisotopic (exact) mass is 480 g/mol. The smallest absolute Gasteiger partial charge is 0.342 e. The molecule has 1 aromatic heterocycles. The van der Waals surface area contributed by atoms with E-state index in [1.165, 1.54) is 10.7 Å². The molecule has 1 heterocycles. The predicted octanol–water partition coefficient (Wildman–Crippen LogP) is 5.92. The van der Waals surface area contributed by atoms with Crippen LogP contribution in [0.3, 0.4) is 0 Å². The summed E-state index contributed by atoms with van der Waals surface area (Å²) < 4.78 is 1.40. The van der Waals surface area contributed by atoms with Crippen molar-refractivity contribution < 1.29 is 14.7 Å². The molecule has 8 heteroatoms. The van der Waals surface area contributed by atoms with E-state index >= 15 is 0 Å². The van der Waals surface area contributed by atoms with Crippen LogP contribution < -0.4 is 10.6 Å². The van der Waals surface area contributed by atoms with E-state index in [-0.39, 0.29) is 36.1 Å². The van der Waals surface area contributed by atoms with Crippen LogP contribution in [0.1, 0.15) is 56.7 Å². The number of hydrogen-bond donors (Lipinski definition) is 3. The van der Waals surface area contributed by atoms with Crippen molar-refractivity contribution in [3.05, 3.63) is 64.8 Å². The van der Waals surface area contributed by atoms with E-state index in [2.05, 4.69) is 15.7 Å². The van der Waals surface area contributed by atoms with Gasteiger partial charge in [0.1, 0.15) is 5.75 Å². The number of aromatic nitrogens is 2. The zero-order valence-electron chi connectivity index (χ0n) is 19.3. The molecule has 1 fully saturated rings. The molecule has 7 nitrogen and oxygen atoms in total. The molecular formula is C26H29ClN4O3. The Morgan fingerprint density at radius 2 is 1.94 bits per heavy atom. The summed E-state index contributed by atoms with van der Waals surface area (Å²) in [6, 6.07) is 13.8. The fraction of sp³-hybridized carbons (Fsp3) is 0.346. The van der Waals surface area contributed by atoms with Gasteiger partial charge in [-0.05, 0) is 48.6 Å². The summed E-state index contributed by atoms with van der Waals surface area (Å²) in [4.78, 5) is 25.1. The first-order valence-electron chi connectivity index (χ1n) is 11.6. The number of aromatic hydroxyl groups is 1. The average Bonchev–Trinajstić information content (AvgIpc) is 3.15. The summed E-state index contributed by atoms with van der Waals surface area (Å²) in [6.45, 7) is 4.23. The quantitative estimate of drug-likeness (QED) is 0.391. The molecule has 0 unspecified atom stereocenters. The molecule has 0 aliphatic heterocycles. The summed E-state index contributed by atoms with van der Waals surface area (Å²) >= 11 is 6.21. The van der Waals surface area contributed by atoms with Crippen molar-refractivity contribution in [3.8, 4) is 17.0 Å². The summed E-state index contributed by atoms with van der Waals surface area (Å²) in [6.07, 6.45) is 3.51. The van der Waals surface area contributed by atoms with E-state index in [4.69, 9.17) is 11.6 Å². The number of nitrogens with one attached hydrogen (secondary N) is 2. The standard InChI is InChI=1S/C26H29ClN4O3/c1-16(2)12-25(33)29-19-10-11-20(24(32)13-19)22-14-23(17-7-5-8-17)31(30-22)26(34)28-15-18-6-3-4-9-21(18)27/h3-4,6,9-11,13-14,16-17,32H,5,7-8,12,15H2,1-2H3,(H,28,34)(H,29,33). The Kier molecular flexibility index (Phi) is 7.22. The van der Waals surface area contributed by atoms with E-state index in [9.17, 15) is 14.7 Å². The third kappa shape index (κ3) is 5.42. The van der Waals surface area contributed by atoms with Gasteiger partial charge >= 0.3 is 6.03 Å². The van der Waals surface area contributed by atoms with Gasteiger partial charge in [0.05, 0.1) is 11.4 Å². The number of benzene rings is 2. The molecular weight excluding hydrogens is 452 g/mol. The molecule has 1 aliphatic rings. The summed E-state index contributed by atoms with van der Waals surface area (Å²) in [7, 11) is 0. The van der Waals surface area contributed by atoms with Gasteiger partial charge < -0.3 is 15.7 Å². The lowest BCUT2D eigenvalue weighted by molar-refractivity contribution is -0.116. The van der Waals surface area contributed by atoms with Gasteiger partial charge in [-0.1, -0.05) is 50.1 Å². The number of phenolic OH excluding ortho intramolecular Hbond substituents is 1. The highest BCUT2D eigenvalue weighted by atomic mass is 35.5. The van der Waals surface area contributed by atoms with Crippen molar-refractivity contribution >= 4 is 29.2 Å². The van der Waals surface area contributed by atoms with Crippen LogP contribution in [0.4, 0.5) is 10.5 Å². The van der Waals surface area contributed by atoms with Crippen LogP contribution in [0.25, 0.3) is 11.3 Å². The zero-order valence-corrected chi connectivity index (χ0v) is 20.1. The highest BCUT2D eigenvalue weighted by Gasteiger charge is 2.27. The molecule has 0 spiro atoms. The Labute approximate surface area is 204 Å². The van der Waals surface area contributed by atoms with E-state index in [0.29, 0.717) is 28.4 Å². The Morgan fingerprint density at radius 3 is 2.59 bits per heavy atom. The third-order valence-electron chi connectivity index (χ3n) is 5.99. The highest BCUT2D eigenvalue weighted by molar-refractivity contribution is 6.31. The van der Waals surface area contributed by atoms with Crippen molar-refractivity contribution in [2.24, 2.45) is 5.92 Å². The lowest BCUT2D eigenvalue weighted by Gasteiger charge is -2.25. The second kappa shape index (κ2) is 10.3. The second-order valence-electron chi connectivity index (χ2n) is 9.12. The maximum atomic E-state index is 13.0. The average molecular weight is 481 g/mol. The van der Waals surface area contributed by atoms with E-state index in [0.717, 1.165) is 30.5 Å². The van der Waals surface area contributed by atoms with Gasteiger partial charge in [0.2, 0.25) is 5.91 Å². The van der Waals surface area contributed by atoms with Gasteiger partial charge in [-0.3, -0.25) is 4.79 Å². The lowest BCUT2D eigenvalue weighted by Crippen LogP contribution is -2.31. The number of anilines is 1. The fourth-order valence-corrected chi connectivity index (χ4v) is 4.18. The van der Waals surface area contributed by atoms with Crippen LogP contribution >= 0.6 is 11.6 Å². The Morgan fingerprint density at radius 1 is 1.18 bits per heavy atom. The molecule has 3 aromatic rings. The van der Waals surface area contributed by atoms with Crippen molar-refractivity contribution in [3.63, 3.8) is 0 Å². The van der Waals surface area contributed by atoms with Crippen molar-refractivity contribution in [1.82, 2.24) is 15.1 Å². The number of carbonyl (C=O) groups excluding carboxylic acids is 2. The molecule has 178 valence electrons. The van der Waals surface area contributed by atoms with Gasteiger partial charge in [0.15, 0.2) is 0 Å².